The molecule has 1 aromatic carbocycles. The second kappa shape index (κ2) is 7.06. The van der Waals surface area contributed by atoms with Crippen molar-refractivity contribution in [2.75, 3.05) is 19.4 Å². The summed E-state index contributed by atoms with van der Waals surface area (Å²) >= 11 is 0. The first-order chi connectivity index (χ1) is 9.88. The maximum atomic E-state index is 10.7. The van der Waals surface area contributed by atoms with Gasteiger partial charge in [-0.2, -0.15) is 0 Å². The molecule has 0 saturated heterocycles. The predicted octanol–water partition coefficient (Wildman–Crippen LogP) is 3.50. The molecule has 2 N–H and O–H groups in total. The molecular formula is C16H25O4P. The van der Waals surface area contributed by atoms with Crippen LogP contribution in [0.15, 0.2) is 24.3 Å². The minimum Gasteiger partial charge on any atom is -0.381 e. The molecule has 0 saturated carbocycles. The smallest absolute Gasteiger partial charge is 0.325 e. The number of fused-ring (bicyclic) bond motifs is 2. The van der Waals surface area contributed by atoms with E-state index >= 15 is 0 Å². The van der Waals surface area contributed by atoms with E-state index in [0.29, 0.717) is 43.8 Å². The maximum Gasteiger partial charge on any atom is 0.325 e. The fourth-order valence-corrected chi connectivity index (χ4v) is 3.85. The van der Waals surface area contributed by atoms with Crippen LogP contribution >= 0.6 is 7.60 Å². The zero-order valence-electron chi connectivity index (χ0n) is 12.7. The van der Waals surface area contributed by atoms with E-state index in [0.717, 1.165) is 0 Å². The van der Waals surface area contributed by atoms with Gasteiger partial charge in [0.15, 0.2) is 0 Å². The van der Waals surface area contributed by atoms with E-state index < -0.39 is 7.60 Å². The van der Waals surface area contributed by atoms with Crippen molar-refractivity contribution in [3.05, 3.63) is 35.4 Å². The van der Waals surface area contributed by atoms with E-state index in [2.05, 4.69) is 38.1 Å². The van der Waals surface area contributed by atoms with Crippen molar-refractivity contribution in [3.63, 3.8) is 0 Å². The first-order valence-electron chi connectivity index (χ1n) is 7.60. The molecule has 0 fully saturated rings. The highest BCUT2D eigenvalue weighted by molar-refractivity contribution is 7.51. The molecular weight excluding hydrogens is 287 g/mol. The maximum absolute atomic E-state index is 10.7. The average Bonchev–Trinajstić information content (AvgIpc) is 2.63. The van der Waals surface area contributed by atoms with Gasteiger partial charge in [-0.1, -0.05) is 38.1 Å². The molecule has 5 heteroatoms. The number of benzene rings is 1. The lowest BCUT2D eigenvalue weighted by molar-refractivity contribution is 0.107. The van der Waals surface area contributed by atoms with Gasteiger partial charge in [-0.05, 0) is 35.8 Å². The zero-order valence-corrected chi connectivity index (χ0v) is 13.6. The Bertz CT molecular complexity index is 509. The predicted molar refractivity (Wildman–Crippen MR) is 83.7 cm³/mol. The monoisotopic (exact) mass is 312 g/mol. The van der Waals surface area contributed by atoms with Crippen LogP contribution in [0.4, 0.5) is 0 Å². The van der Waals surface area contributed by atoms with Crippen molar-refractivity contribution in [1.82, 2.24) is 0 Å². The zero-order chi connectivity index (χ0) is 15.5. The molecule has 1 aliphatic carbocycles. The molecule has 21 heavy (non-hydrogen) atoms. The van der Waals surface area contributed by atoms with Gasteiger partial charge in [-0.15, -0.1) is 0 Å². The molecule has 1 aromatic rings. The topological polar surface area (TPSA) is 66.8 Å². The molecule has 0 radical (unpaired) electrons. The molecule has 4 nitrogen and oxygen atoms in total. The van der Waals surface area contributed by atoms with Gasteiger partial charge in [0.2, 0.25) is 0 Å². The Morgan fingerprint density at radius 1 is 1.24 bits per heavy atom. The first kappa shape index (κ1) is 16.7. The van der Waals surface area contributed by atoms with Crippen LogP contribution in [0.5, 0.6) is 0 Å². The summed E-state index contributed by atoms with van der Waals surface area (Å²) in [4.78, 5) is 17.6. The lowest BCUT2D eigenvalue weighted by atomic mass is 9.83. The van der Waals surface area contributed by atoms with Crippen LogP contribution in [0, 0.1) is 5.92 Å². The Hall–Kier alpha value is -0.670. The molecule has 0 aliphatic heterocycles. The molecule has 0 spiro atoms. The summed E-state index contributed by atoms with van der Waals surface area (Å²) in [5.74, 6) is 1.51. The highest BCUT2D eigenvalue weighted by Gasteiger charge is 2.32. The number of rotatable bonds is 8. The van der Waals surface area contributed by atoms with Gasteiger partial charge in [0, 0.05) is 18.7 Å². The SMILES string of the molecule is CC(C)C1c2cccc(c2)C1COCCCCP(=O)(O)O. The third kappa shape index (κ3) is 4.65. The minimum atomic E-state index is -3.85. The summed E-state index contributed by atoms with van der Waals surface area (Å²) in [6.07, 6.45) is 1.16. The summed E-state index contributed by atoms with van der Waals surface area (Å²) < 4.78 is 16.5. The van der Waals surface area contributed by atoms with E-state index in [1.165, 1.54) is 11.1 Å². The van der Waals surface area contributed by atoms with Gasteiger partial charge in [-0.3, -0.25) is 4.57 Å². The second-order valence-electron chi connectivity index (χ2n) is 6.22. The van der Waals surface area contributed by atoms with Gasteiger partial charge in [0.1, 0.15) is 0 Å². The number of unbranched alkanes of at least 4 members (excludes halogenated alkanes) is 1. The van der Waals surface area contributed by atoms with Gasteiger partial charge >= 0.3 is 7.60 Å². The largest absolute Gasteiger partial charge is 0.381 e. The molecule has 1 aliphatic rings. The van der Waals surface area contributed by atoms with Crippen molar-refractivity contribution < 1.29 is 19.1 Å². The van der Waals surface area contributed by atoms with Gasteiger partial charge in [-0.25, -0.2) is 0 Å². The number of hydrogen-bond acceptors (Lipinski definition) is 2. The van der Waals surface area contributed by atoms with Crippen LogP contribution in [0.25, 0.3) is 0 Å². The van der Waals surface area contributed by atoms with Crippen molar-refractivity contribution in [3.8, 4) is 0 Å². The molecule has 2 bridgehead atoms. The van der Waals surface area contributed by atoms with Crippen LogP contribution in [0.1, 0.15) is 49.7 Å². The van der Waals surface area contributed by atoms with Crippen LogP contribution in [-0.2, 0) is 9.30 Å². The Labute approximate surface area is 126 Å². The summed E-state index contributed by atoms with van der Waals surface area (Å²) in [6, 6.07) is 8.73. The quantitative estimate of drug-likeness (QED) is 0.569. The fourth-order valence-electron chi connectivity index (χ4n) is 3.22. The second-order valence-corrected chi connectivity index (χ2v) is 7.99. The number of ether oxygens (including phenoxy) is 1. The summed E-state index contributed by atoms with van der Waals surface area (Å²) in [5.41, 5.74) is 2.75. The summed E-state index contributed by atoms with van der Waals surface area (Å²) in [6.45, 7) is 5.74. The average molecular weight is 312 g/mol. The molecule has 2 atom stereocenters. The Kier molecular flexibility index (Phi) is 5.61. The molecule has 2 rings (SSSR count). The van der Waals surface area contributed by atoms with E-state index in [-0.39, 0.29) is 6.16 Å². The normalized spacial score (nSPS) is 21.2. The molecule has 0 amide bonds. The number of hydrogen-bond donors (Lipinski definition) is 2. The molecule has 118 valence electrons. The highest BCUT2D eigenvalue weighted by atomic mass is 31.2. The first-order valence-corrected chi connectivity index (χ1v) is 9.40. The van der Waals surface area contributed by atoms with Crippen LogP contribution in [0.2, 0.25) is 0 Å². The molecule has 2 unspecified atom stereocenters. The third-order valence-electron chi connectivity index (χ3n) is 4.16. The van der Waals surface area contributed by atoms with Crippen molar-refractivity contribution >= 4 is 7.60 Å². The molecule has 0 aromatic heterocycles. The van der Waals surface area contributed by atoms with Gasteiger partial charge < -0.3 is 14.5 Å². The third-order valence-corrected chi connectivity index (χ3v) is 5.06. The fraction of sp³-hybridized carbons (Fsp3) is 0.625. The van der Waals surface area contributed by atoms with E-state index in [4.69, 9.17) is 14.5 Å². The van der Waals surface area contributed by atoms with E-state index in [9.17, 15) is 4.57 Å². The van der Waals surface area contributed by atoms with Crippen LogP contribution < -0.4 is 0 Å². The Balaban J connectivity index is 1.76. The highest BCUT2D eigenvalue weighted by Crippen LogP contribution is 2.44. The standard InChI is InChI=1S/C16H25O4P/c1-12(2)16-14-7-5-6-13(10-14)15(16)11-20-8-3-4-9-21(17,18)19/h5-7,10,12,15-16H,3-4,8-9,11H2,1-2H3,(H2,17,18,19). The summed E-state index contributed by atoms with van der Waals surface area (Å²) in [7, 11) is -3.85. The van der Waals surface area contributed by atoms with Crippen molar-refractivity contribution in [2.24, 2.45) is 5.92 Å². The van der Waals surface area contributed by atoms with Crippen LogP contribution in [0.3, 0.4) is 0 Å². The molecule has 0 heterocycles. The van der Waals surface area contributed by atoms with Gasteiger partial charge in [0.05, 0.1) is 6.61 Å². The van der Waals surface area contributed by atoms with Gasteiger partial charge in [0.25, 0.3) is 0 Å². The summed E-state index contributed by atoms with van der Waals surface area (Å²) in [5, 5.41) is 0. The lowest BCUT2D eigenvalue weighted by Gasteiger charge is -2.24. The van der Waals surface area contributed by atoms with E-state index in [1.54, 1.807) is 0 Å². The van der Waals surface area contributed by atoms with Crippen molar-refractivity contribution in [2.45, 2.75) is 38.5 Å². The minimum absolute atomic E-state index is 0.0464. The Morgan fingerprint density at radius 3 is 2.62 bits per heavy atom. The Morgan fingerprint density at radius 2 is 1.95 bits per heavy atom. The van der Waals surface area contributed by atoms with Crippen LogP contribution in [-0.4, -0.2) is 29.2 Å². The lowest BCUT2D eigenvalue weighted by Crippen LogP contribution is -2.17. The van der Waals surface area contributed by atoms with E-state index in [1.807, 2.05) is 0 Å². The van der Waals surface area contributed by atoms with Crippen molar-refractivity contribution in [1.29, 1.82) is 0 Å².